The standard InChI is InChI=1S/C13H19.C7H13.C5H11.C4H9.C2H5.5Y/c1-7-13-11(5)9(3)8(2)10(4)12(13)6;1-3-7-4-6(2)5-7;1-3-5-4-2;1-3-4-2;1-2;;;;;/h2,7H2,1,3-6H3;6-7H,2-5H2,1H3;1,3-5H2,2H3;1,3-4H2,2H3;1H2,2H3;;;;;/q5*-1;;;;;. The maximum atomic E-state index is 4.12. The van der Waals surface area contributed by atoms with Crippen LogP contribution in [-0.2, 0) is 170 Å². The third-order valence-corrected chi connectivity index (χ3v) is 6.16. The molecule has 0 aliphatic heterocycles. The largest absolute Gasteiger partial charge is 0.346 e. The Hall–Kier alpha value is 4.61. The van der Waals surface area contributed by atoms with Crippen molar-refractivity contribution in [2.45, 2.75) is 120 Å². The van der Waals surface area contributed by atoms with Gasteiger partial charge in [-0.05, 0) is 12.3 Å². The molecule has 0 nitrogen and oxygen atoms in total. The molecule has 1 aromatic carbocycles. The van der Waals surface area contributed by atoms with Crippen LogP contribution in [0.4, 0.5) is 0 Å². The van der Waals surface area contributed by atoms with Crippen LogP contribution < -0.4 is 0 Å². The molecule has 0 spiro atoms. The Morgan fingerprint density at radius 1 is 0.667 bits per heavy atom. The summed E-state index contributed by atoms with van der Waals surface area (Å²) in [5, 5.41) is 0. The minimum absolute atomic E-state index is 0. The first kappa shape index (κ1) is 59.9. The van der Waals surface area contributed by atoms with Crippen molar-refractivity contribution in [2.75, 3.05) is 0 Å². The molecule has 0 aromatic heterocycles. The molecule has 1 saturated carbocycles. The normalized spacial score (nSPS) is 13.8. The Balaban J connectivity index is -0.0000000494. The van der Waals surface area contributed by atoms with Crippen molar-refractivity contribution in [3.63, 3.8) is 0 Å². The fourth-order valence-corrected chi connectivity index (χ4v) is 3.46. The number of rotatable bonds is 5. The number of hydrogen-bond donors (Lipinski definition) is 0. The van der Waals surface area contributed by atoms with Crippen molar-refractivity contribution in [2.24, 2.45) is 11.8 Å². The second-order valence-electron chi connectivity index (χ2n) is 8.48. The van der Waals surface area contributed by atoms with Crippen LogP contribution in [0.1, 0.15) is 119 Å². The van der Waals surface area contributed by atoms with E-state index in [1.165, 1.54) is 71.9 Å². The Morgan fingerprint density at radius 3 is 1.17 bits per heavy atom. The van der Waals surface area contributed by atoms with Gasteiger partial charge >= 0.3 is 0 Å². The van der Waals surface area contributed by atoms with Crippen molar-refractivity contribution < 1.29 is 164 Å². The fraction of sp³-hybridized carbons (Fsp3) is 0.645. The molecule has 5 heteroatoms. The fourth-order valence-electron chi connectivity index (χ4n) is 3.46. The van der Waals surface area contributed by atoms with Crippen LogP contribution >= 0.6 is 0 Å². The summed E-state index contributed by atoms with van der Waals surface area (Å²) in [4.78, 5) is 0. The Kier molecular flexibility index (Phi) is 69.5. The van der Waals surface area contributed by atoms with Crippen molar-refractivity contribution in [3.05, 3.63) is 68.0 Å². The van der Waals surface area contributed by atoms with Gasteiger partial charge < -0.3 is 27.7 Å². The van der Waals surface area contributed by atoms with Gasteiger partial charge in [0, 0.05) is 164 Å². The van der Waals surface area contributed by atoms with Crippen LogP contribution in [0.3, 0.4) is 0 Å². The van der Waals surface area contributed by atoms with E-state index in [1.54, 1.807) is 6.92 Å². The molecule has 36 heavy (non-hydrogen) atoms. The molecule has 0 heterocycles. The summed E-state index contributed by atoms with van der Waals surface area (Å²) >= 11 is 0. The van der Waals surface area contributed by atoms with Crippen molar-refractivity contribution in [1.82, 2.24) is 0 Å². The van der Waals surface area contributed by atoms with E-state index < -0.39 is 0 Å². The molecule has 0 bridgehead atoms. The van der Waals surface area contributed by atoms with Gasteiger partial charge in [-0.15, -0.1) is 22.3 Å². The van der Waals surface area contributed by atoms with E-state index in [9.17, 15) is 0 Å². The predicted molar refractivity (Wildman–Crippen MR) is 147 cm³/mol. The zero-order valence-electron chi connectivity index (χ0n) is 25.9. The van der Waals surface area contributed by atoms with Crippen molar-refractivity contribution in [3.8, 4) is 0 Å². The molecule has 0 saturated heterocycles. The van der Waals surface area contributed by atoms with E-state index in [0.717, 1.165) is 31.1 Å². The molecule has 5 radical (unpaired) electrons. The average molecular weight is 874 g/mol. The van der Waals surface area contributed by atoms with Crippen molar-refractivity contribution >= 4 is 0 Å². The summed E-state index contributed by atoms with van der Waals surface area (Å²) in [7, 11) is 0. The molecular formula is C31H57Y5-5. The summed E-state index contributed by atoms with van der Waals surface area (Å²) in [6.07, 6.45) is 11.2. The zero-order chi connectivity index (χ0) is 25.0. The van der Waals surface area contributed by atoms with Crippen LogP contribution in [0.15, 0.2) is 0 Å². The van der Waals surface area contributed by atoms with Crippen LogP contribution in [-0.4, -0.2) is 0 Å². The van der Waals surface area contributed by atoms with E-state index in [2.05, 4.69) is 90.0 Å². The molecule has 1 aliphatic rings. The van der Waals surface area contributed by atoms with Gasteiger partial charge in [0.25, 0.3) is 0 Å². The van der Waals surface area contributed by atoms with Gasteiger partial charge in [-0.25, -0.2) is 0 Å². The Labute approximate surface area is 356 Å². The first-order valence-corrected chi connectivity index (χ1v) is 12.7. The summed E-state index contributed by atoms with van der Waals surface area (Å²) in [6, 6.07) is 0. The van der Waals surface area contributed by atoms with Crippen molar-refractivity contribution in [1.29, 1.82) is 0 Å². The van der Waals surface area contributed by atoms with Crippen LogP contribution in [0, 0.1) is 74.1 Å². The molecule has 1 fully saturated rings. The molecule has 2 rings (SSSR count). The topological polar surface area (TPSA) is 0 Å². The predicted octanol–water partition coefficient (Wildman–Crippen LogP) is 10.4. The Morgan fingerprint density at radius 2 is 1.03 bits per heavy atom. The number of unbranched alkanes of at least 4 members (excludes halogenated alkanes) is 3. The quantitative estimate of drug-likeness (QED) is 0.259. The summed E-state index contributed by atoms with van der Waals surface area (Å²) in [5.41, 5.74) is 8.29. The average Bonchev–Trinajstić information content (AvgIpc) is 2.77. The van der Waals surface area contributed by atoms with Gasteiger partial charge in [-0.3, -0.25) is 0 Å². The molecule has 1 aliphatic carbocycles. The van der Waals surface area contributed by atoms with Crippen LogP contribution in [0.5, 0.6) is 0 Å². The van der Waals surface area contributed by atoms with Gasteiger partial charge in [-0.1, -0.05) is 99.5 Å². The maximum absolute atomic E-state index is 4.12. The monoisotopic (exact) mass is 874 g/mol. The van der Waals surface area contributed by atoms with E-state index in [-0.39, 0.29) is 164 Å². The maximum Gasteiger partial charge on any atom is 0 e. The first-order chi connectivity index (χ1) is 14.7. The van der Waals surface area contributed by atoms with E-state index in [1.807, 2.05) is 0 Å². The molecule has 0 atom stereocenters. The minimum atomic E-state index is 0. The molecule has 0 N–H and O–H groups in total. The molecule has 1 aromatic rings. The SMILES string of the molecule is [CH2-]C.[CH2-]C1CC(CC)C1.[CH2-]CCC.[CH2-]CCCC.[CH2-]c1c(C)c(C)c(CC)c(C)c1C.[Y].[Y].[Y].[Y].[Y]. The first-order valence-electron chi connectivity index (χ1n) is 12.7. The molecular weight excluding hydrogens is 817 g/mol. The van der Waals surface area contributed by atoms with Gasteiger partial charge in [0.05, 0.1) is 0 Å². The summed E-state index contributed by atoms with van der Waals surface area (Å²) in [5.74, 6) is 1.83. The molecule has 201 valence electrons. The van der Waals surface area contributed by atoms with Gasteiger partial charge in [-0.2, -0.15) is 38.2 Å². The van der Waals surface area contributed by atoms with Crippen LogP contribution in [0.25, 0.3) is 0 Å². The molecule has 0 unspecified atom stereocenters. The van der Waals surface area contributed by atoms with E-state index in [4.69, 9.17) is 0 Å². The Bertz CT molecular complexity index is 505. The number of hydrogen-bond acceptors (Lipinski definition) is 0. The van der Waals surface area contributed by atoms with E-state index >= 15 is 0 Å². The third-order valence-electron chi connectivity index (χ3n) is 6.16. The summed E-state index contributed by atoms with van der Waals surface area (Å²) < 4.78 is 0. The second kappa shape index (κ2) is 41.7. The second-order valence-corrected chi connectivity index (χ2v) is 8.48. The van der Waals surface area contributed by atoms with Gasteiger partial charge in [0.1, 0.15) is 0 Å². The van der Waals surface area contributed by atoms with E-state index in [0.29, 0.717) is 0 Å². The van der Waals surface area contributed by atoms with Crippen LogP contribution in [0.2, 0.25) is 0 Å². The summed E-state index contributed by atoms with van der Waals surface area (Å²) in [6.45, 7) is 37.9. The number of benzene rings is 1. The third kappa shape index (κ3) is 28.7. The smallest absolute Gasteiger partial charge is 0 e. The molecule has 0 amide bonds. The van der Waals surface area contributed by atoms with Gasteiger partial charge in [0.15, 0.2) is 0 Å². The van der Waals surface area contributed by atoms with Gasteiger partial charge in [0.2, 0.25) is 0 Å². The minimum Gasteiger partial charge on any atom is -0.346 e. The zero-order valence-corrected chi connectivity index (χ0v) is 40.1.